The molecule has 1 N–H and O–H groups in total. The molecule has 1 aliphatic rings. The SMILES string of the molecule is CCC[C@H](C)NC(=O)CCCN1C(=O)c2ccccc2C1=O. The Bertz CT molecular complexity index is 548. The third kappa shape index (κ3) is 3.53. The summed E-state index contributed by atoms with van der Waals surface area (Å²) in [6.07, 6.45) is 2.78. The summed E-state index contributed by atoms with van der Waals surface area (Å²) in [6, 6.07) is 6.98. The molecule has 118 valence electrons. The molecule has 1 atom stereocenters. The van der Waals surface area contributed by atoms with Gasteiger partial charge in [-0.05, 0) is 31.9 Å². The fourth-order valence-corrected chi connectivity index (χ4v) is 2.69. The van der Waals surface area contributed by atoms with E-state index in [9.17, 15) is 14.4 Å². The Labute approximate surface area is 130 Å². The number of carbonyl (C=O) groups is 3. The van der Waals surface area contributed by atoms with Crippen LogP contribution in [-0.4, -0.2) is 35.2 Å². The lowest BCUT2D eigenvalue weighted by atomic mass is 10.1. The second-order valence-corrected chi connectivity index (χ2v) is 5.67. The van der Waals surface area contributed by atoms with Gasteiger partial charge in [0, 0.05) is 19.0 Å². The van der Waals surface area contributed by atoms with Gasteiger partial charge in [0.15, 0.2) is 0 Å². The van der Waals surface area contributed by atoms with Crippen LogP contribution in [0.2, 0.25) is 0 Å². The zero-order chi connectivity index (χ0) is 16.1. The second kappa shape index (κ2) is 7.20. The summed E-state index contributed by atoms with van der Waals surface area (Å²) in [7, 11) is 0. The third-order valence-corrected chi connectivity index (χ3v) is 3.79. The number of rotatable bonds is 7. The predicted molar refractivity (Wildman–Crippen MR) is 83.6 cm³/mol. The van der Waals surface area contributed by atoms with Crippen molar-refractivity contribution < 1.29 is 14.4 Å². The summed E-state index contributed by atoms with van der Waals surface area (Å²) in [6.45, 7) is 4.33. The first-order valence-corrected chi connectivity index (χ1v) is 7.79. The molecule has 0 bridgehead atoms. The number of hydrogen-bond acceptors (Lipinski definition) is 3. The molecular formula is C17H22N2O3. The minimum Gasteiger partial charge on any atom is -0.354 e. The Morgan fingerprint density at radius 2 is 1.77 bits per heavy atom. The molecule has 1 heterocycles. The van der Waals surface area contributed by atoms with Gasteiger partial charge in [-0.25, -0.2) is 0 Å². The first-order chi connectivity index (χ1) is 10.5. The van der Waals surface area contributed by atoms with Gasteiger partial charge in [-0.2, -0.15) is 0 Å². The van der Waals surface area contributed by atoms with Crippen LogP contribution < -0.4 is 5.32 Å². The lowest BCUT2D eigenvalue weighted by Crippen LogP contribution is -2.34. The van der Waals surface area contributed by atoms with Crippen molar-refractivity contribution in [2.75, 3.05) is 6.54 Å². The number of hydrogen-bond donors (Lipinski definition) is 1. The topological polar surface area (TPSA) is 66.5 Å². The first-order valence-electron chi connectivity index (χ1n) is 7.79. The van der Waals surface area contributed by atoms with Crippen LogP contribution in [0.25, 0.3) is 0 Å². The number of amides is 3. The second-order valence-electron chi connectivity index (χ2n) is 5.67. The summed E-state index contributed by atoms with van der Waals surface area (Å²) in [5.74, 6) is -0.557. The van der Waals surface area contributed by atoms with E-state index in [1.54, 1.807) is 24.3 Å². The van der Waals surface area contributed by atoms with Crippen molar-refractivity contribution in [3.63, 3.8) is 0 Å². The summed E-state index contributed by atoms with van der Waals surface area (Å²) >= 11 is 0. The zero-order valence-corrected chi connectivity index (χ0v) is 13.1. The average Bonchev–Trinajstić information content (AvgIpc) is 2.73. The molecule has 22 heavy (non-hydrogen) atoms. The molecule has 1 aromatic rings. The standard InChI is InChI=1S/C17H22N2O3/c1-3-7-12(2)18-15(20)10-6-11-19-16(21)13-8-4-5-9-14(13)17(19)22/h4-5,8-9,12H,3,6-7,10-11H2,1-2H3,(H,18,20)/t12-/m0/s1. The molecule has 0 saturated heterocycles. The highest BCUT2D eigenvalue weighted by Crippen LogP contribution is 2.22. The number of benzene rings is 1. The van der Waals surface area contributed by atoms with E-state index >= 15 is 0 Å². The number of carbonyl (C=O) groups excluding carboxylic acids is 3. The fourth-order valence-electron chi connectivity index (χ4n) is 2.69. The summed E-state index contributed by atoms with van der Waals surface area (Å²) in [4.78, 5) is 37.3. The third-order valence-electron chi connectivity index (χ3n) is 3.79. The molecule has 1 aromatic carbocycles. The van der Waals surface area contributed by atoms with Gasteiger partial charge in [0.25, 0.3) is 11.8 Å². The Balaban J connectivity index is 1.83. The summed E-state index contributed by atoms with van der Waals surface area (Å²) < 4.78 is 0. The first kappa shape index (κ1) is 16.2. The summed E-state index contributed by atoms with van der Waals surface area (Å²) in [5.41, 5.74) is 0.905. The lowest BCUT2D eigenvalue weighted by molar-refractivity contribution is -0.121. The monoisotopic (exact) mass is 302 g/mol. The normalized spacial score (nSPS) is 14.9. The molecule has 0 radical (unpaired) electrons. The Hall–Kier alpha value is -2.17. The van der Waals surface area contributed by atoms with E-state index in [1.165, 1.54) is 4.90 Å². The molecule has 0 spiro atoms. The van der Waals surface area contributed by atoms with Crippen molar-refractivity contribution >= 4 is 17.7 Å². The van der Waals surface area contributed by atoms with E-state index < -0.39 is 0 Å². The summed E-state index contributed by atoms with van der Waals surface area (Å²) in [5, 5.41) is 2.92. The van der Waals surface area contributed by atoms with Gasteiger partial charge in [0.2, 0.25) is 5.91 Å². The van der Waals surface area contributed by atoms with Gasteiger partial charge >= 0.3 is 0 Å². The van der Waals surface area contributed by atoms with E-state index in [0.29, 0.717) is 24.0 Å². The number of imide groups is 1. The van der Waals surface area contributed by atoms with E-state index in [0.717, 1.165) is 12.8 Å². The maximum absolute atomic E-state index is 12.2. The van der Waals surface area contributed by atoms with Crippen LogP contribution in [0.5, 0.6) is 0 Å². The maximum atomic E-state index is 12.2. The largest absolute Gasteiger partial charge is 0.354 e. The van der Waals surface area contributed by atoms with E-state index in [2.05, 4.69) is 12.2 Å². The van der Waals surface area contributed by atoms with Gasteiger partial charge in [0.05, 0.1) is 11.1 Å². The van der Waals surface area contributed by atoms with Crippen LogP contribution in [0.4, 0.5) is 0 Å². The van der Waals surface area contributed by atoms with Crippen LogP contribution in [-0.2, 0) is 4.79 Å². The minimum atomic E-state index is -0.264. The van der Waals surface area contributed by atoms with Crippen molar-refractivity contribution in [3.05, 3.63) is 35.4 Å². The average molecular weight is 302 g/mol. The van der Waals surface area contributed by atoms with Gasteiger partial charge in [-0.1, -0.05) is 25.5 Å². The van der Waals surface area contributed by atoms with E-state index in [-0.39, 0.29) is 30.3 Å². The Morgan fingerprint density at radius 1 is 1.18 bits per heavy atom. The smallest absolute Gasteiger partial charge is 0.261 e. The predicted octanol–water partition coefficient (Wildman–Crippen LogP) is 2.37. The lowest BCUT2D eigenvalue weighted by Gasteiger charge is -2.15. The van der Waals surface area contributed by atoms with Crippen molar-refractivity contribution in [1.82, 2.24) is 10.2 Å². The zero-order valence-electron chi connectivity index (χ0n) is 13.1. The van der Waals surface area contributed by atoms with Gasteiger partial charge < -0.3 is 5.32 Å². The highest BCUT2D eigenvalue weighted by atomic mass is 16.2. The van der Waals surface area contributed by atoms with Crippen LogP contribution in [0.1, 0.15) is 60.2 Å². The van der Waals surface area contributed by atoms with Gasteiger partial charge in [0.1, 0.15) is 0 Å². The van der Waals surface area contributed by atoms with Crippen molar-refractivity contribution in [2.45, 2.75) is 45.6 Å². The van der Waals surface area contributed by atoms with Crippen molar-refractivity contribution in [1.29, 1.82) is 0 Å². The molecule has 0 fully saturated rings. The Morgan fingerprint density at radius 3 is 2.32 bits per heavy atom. The van der Waals surface area contributed by atoms with Gasteiger partial charge in [-0.15, -0.1) is 0 Å². The molecular weight excluding hydrogens is 280 g/mol. The molecule has 5 nitrogen and oxygen atoms in total. The quantitative estimate of drug-likeness (QED) is 0.786. The molecule has 2 rings (SSSR count). The minimum absolute atomic E-state index is 0.0300. The van der Waals surface area contributed by atoms with Crippen LogP contribution in [0.15, 0.2) is 24.3 Å². The van der Waals surface area contributed by atoms with E-state index in [1.807, 2.05) is 6.92 Å². The fraction of sp³-hybridized carbons (Fsp3) is 0.471. The number of fused-ring (bicyclic) bond motifs is 1. The molecule has 3 amide bonds. The highest BCUT2D eigenvalue weighted by Gasteiger charge is 2.34. The number of nitrogens with one attached hydrogen (secondary N) is 1. The van der Waals surface area contributed by atoms with Crippen molar-refractivity contribution in [3.8, 4) is 0 Å². The number of nitrogens with zero attached hydrogens (tertiary/aromatic N) is 1. The molecule has 0 saturated carbocycles. The molecule has 0 aromatic heterocycles. The maximum Gasteiger partial charge on any atom is 0.261 e. The van der Waals surface area contributed by atoms with E-state index in [4.69, 9.17) is 0 Å². The van der Waals surface area contributed by atoms with Crippen LogP contribution in [0.3, 0.4) is 0 Å². The molecule has 5 heteroatoms. The molecule has 0 aliphatic carbocycles. The van der Waals surface area contributed by atoms with Crippen LogP contribution in [0, 0.1) is 0 Å². The van der Waals surface area contributed by atoms with Gasteiger partial charge in [-0.3, -0.25) is 19.3 Å². The molecule has 1 aliphatic heterocycles. The highest BCUT2D eigenvalue weighted by molar-refractivity contribution is 6.21. The molecule has 0 unspecified atom stereocenters. The van der Waals surface area contributed by atoms with Crippen LogP contribution >= 0.6 is 0 Å². The Kier molecular flexibility index (Phi) is 5.31. The van der Waals surface area contributed by atoms with Crippen molar-refractivity contribution in [2.24, 2.45) is 0 Å².